The van der Waals surface area contributed by atoms with Crippen molar-refractivity contribution in [3.63, 3.8) is 0 Å². The van der Waals surface area contributed by atoms with Crippen LogP contribution in [0.2, 0.25) is 0 Å². The summed E-state index contributed by atoms with van der Waals surface area (Å²) in [5.74, 6) is -0.199. The van der Waals surface area contributed by atoms with Crippen LogP contribution in [0.1, 0.15) is 10.4 Å². The second-order valence-electron chi connectivity index (χ2n) is 3.33. The van der Waals surface area contributed by atoms with Crippen LogP contribution in [-0.4, -0.2) is 20.2 Å². The number of hydrogen-bond acceptors (Lipinski definition) is 5. The van der Waals surface area contributed by atoms with Gasteiger partial charge in [0.1, 0.15) is 23.2 Å². The molecule has 2 rings (SSSR count). The molecule has 5 nitrogen and oxygen atoms in total. The molecule has 0 aliphatic carbocycles. The molecule has 0 amide bonds. The Kier molecular flexibility index (Phi) is 2.82. The van der Waals surface area contributed by atoms with Gasteiger partial charge in [-0.2, -0.15) is 0 Å². The van der Waals surface area contributed by atoms with Gasteiger partial charge in [-0.05, 0) is 18.2 Å². The van der Waals surface area contributed by atoms with Crippen LogP contribution < -0.4 is 10.2 Å². The lowest BCUT2D eigenvalue weighted by atomic mass is 10.1. The van der Waals surface area contributed by atoms with Gasteiger partial charge in [-0.3, -0.25) is 4.79 Å². The first kappa shape index (κ1) is 11.2. The first-order chi connectivity index (χ1) is 8.17. The van der Waals surface area contributed by atoms with E-state index in [1.807, 2.05) is 0 Å². The average molecular weight is 234 g/mol. The molecule has 0 fully saturated rings. The number of rotatable bonds is 2. The first-order valence-electron chi connectivity index (χ1n) is 4.85. The molecule has 2 aromatic rings. The van der Waals surface area contributed by atoms with E-state index in [1.165, 1.54) is 20.3 Å². The summed E-state index contributed by atoms with van der Waals surface area (Å²) < 4.78 is 14.7. The third-order valence-electron chi connectivity index (χ3n) is 2.39. The van der Waals surface area contributed by atoms with Gasteiger partial charge in [0.2, 0.25) is 5.43 Å². The smallest absolute Gasteiger partial charge is 0.345 e. The van der Waals surface area contributed by atoms with Gasteiger partial charge in [0.15, 0.2) is 0 Å². The van der Waals surface area contributed by atoms with Crippen LogP contribution in [0.25, 0.3) is 11.0 Å². The fourth-order valence-electron chi connectivity index (χ4n) is 1.49. The lowest BCUT2D eigenvalue weighted by Crippen LogP contribution is -2.15. The summed E-state index contributed by atoms with van der Waals surface area (Å²) in [5, 5.41) is 0.284. The Morgan fingerprint density at radius 2 is 2.06 bits per heavy atom. The minimum atomic E-state index is -0.719. The van der Waals surface area contributed by atoms with E-state index < -0.39 is 11.4 Å². The van der Waals surface area contributed by atoms with Gasteiger partial charge < -0.3 is 13.9 Å². The van der Waals surface area contributed by atoms with Crippen LogP contribution in [0.3, 0.4) is 0 Å². The number of methoxy groups -OCH3 is 2. The van der Waals surface area contributed by atoms with Crippen molar-refractivity contribution < 1.29 is 18.7 Å². The largest absolute Gasteiger partial charge is 0.497 e. The van der Waals surface area contributed by atoms with Crippen molar-refractivity contribution in [2.24, 2.45) is 0 Å². The SMILES string of the molecule is COC(=O)c1coc2ccc(OC)cc2c1=O. The minimum Gasteiger partial charge on any atom is -0.497 e. The molecule has 5 heteroatoms. The van der Waals surface area contributed by atoms with Gasteiger partial charge in [-0.25, -0.2) is 4.79 Å². The molecule has 1 heterocycles. The van der Waals surface area contributed by atoms with Crippen molar-refractivity contribution in [3.05, 3.63) is 40.2 Å². The maximum atomic E-state index is 12.0. The Hall–Kier alpha value is -2.30. The van der Waals surface area contributed by atoms with Crippen LogP contribution in [0.15, 0.2) is 33.7 Å². The third-order valence-corrected chi connectivity index (χ3v) is 2.39. The Balaban J connectivity index is 2.73. The van der Waals surface area contributed by atoms with Crippen LogP contribution >= 0.6 is 0 Å². The number of carbonyl (C=O) groups is 1. The molecule has 0 saturated carbocycles. The number of carbonyl (C=O) groups excluding carboxylic acids is 1. The summed E-state index contributed by atoms with van der Waals surface area (Å²) >= 11 is 0. The van der Waals surface area contributed by atoms with Crippen molar-refractivity contribution in [1.29, 1.82) is 0 Å². The second kappa shape index (κ2) is 4.29. The quantitative estimate of drug-likeness (QED) is 0.738. The summed E-state index contributed by atoms with van der Waals surface area (Å²) in [6, 6.07) is 4.80. The van der Waals surface area contributed by atoms with E-state index in [0.29, 0.717) is 11.3 Å². The average Bonchev–Trinajstić information content (AvgIpc) is 2.38. The van der Waals surface area contributed by atoms with Gasteiger partial charge in [-0.1, -0.05) is 0 Å². The zero-order valence-corrected chi connectivity index (χ0v) is 9.35. The number of hydrogen-bond donors (Lipinski definition) is 0. The lowest BCUT2D eigenvalue weighted by Gasteiger charge is -2.03. The molecule has 0 N–H and O–H groups in total. The maximum Gasteiger partial charge on any atom is 0.345 e. The van der Waals surface area contributed by atoms with E-state index in [1.54, 1.807) is 12.1 Å². The maximum absolute atomic E-state index is 12.0. The molecule has 0 aliphatic rings. The van der Waals surface area contributed by atoms with Crippen molar-refractivity contribution >= 4 is 16.9 Å². The molecule has 1 aromatic heterocycles. The van der Waals surface area contributed by atoms with Crippen molar-refractivity contribution in [1.82, 2.24) is 0 Å². The van der Waals surface area contributed by atoms with Crippen LogP contribution in [0.5, 0.6) is 5.75 Å². The summed E-state index contributed by atoms with van der Waals surface area (Å²) in [4.78, 5) is 23.3. The highest BCUT2D eigenvalue weighted by Gasteiger charge is 2.14. The topological polar surface area (TPSA) is 65.7 Å². The molecule has 0 aliphatic heterocycles. The van der Waals surface area contributed by atoms with E-state index in [-0.39, 0.29) is 10.9 Å². The number of esters is 1. The predicted octanol–water partition coefficient (Wildman–Crippen LogP) is 1.59. The molecule has 0 atom stereocenters. The van der Waals surface area contributed by atoms with E-state index >= 15 is 0 Å². The van der Waals surface area contributed by atoms with Crippen molar-refractivity contribution in [2.75, 3.05) is 14.2 Å². The zero-order valence-electron chi connectivity index (χ0n) is 9.35. The third kappa shape index (κ3) is 1.87. The number of fused-ring (bicyclic) bond motifs is 1. The van der Waals surface area contributed by atoms with E-state index in [4.69, 9.17) is 9.15 Å². The van der Waals surface area contributed by atoms with Crippen LogP contribution in [-0.2, 0) is 4.74 Å². The lowest BCUT2D eigenvalue weighted by molar-refractivity contribution is 0.0597. The minimum absolute atomic E-state index is 0.131. The highest BCUT2D eigenvalue weighted by molar-refractivity contribution is 5.92. The predicted molar refractivity (Wildman–Crippen MR) is 60.4 cm³/mol. The first-order valence-corrected chi connectivity index (χ1v) is 4.85. The van der Waals surface area contributed by atoms with Crippen LogP contribution in [0, 0.1) is 0 Å². The Morgan fingerprint density at radius 1 is 1.29 bits per heavy atom. The molecule has 0 unspecified atom stereocenters. The van der Waals surface area contributed by atoms with Crippen molar-refractivity contribution in [2.45, 2.75) is 0 Å². The van der Waals surface area contributed by atoms with Gasteiger partial charge in [0.05, 0.1) is 19.6 Å². The van der Waals surface area contributed by atoms with Crippen molar-refractivity contribution in [3.8, 4) is 5.75 Å². The van der Waals surface area contributed by atoms with E-state index in [2.05, 4.69) is 4.74 Å². The molecular formula is C12H10O5. The number of benzene rings is 1. The van der Waals surface area contributed by atoms with E-state index in [9.17, 15) is 9.59 Å². The molecule has 0 radical (unpaired) electrons. The molecule has 88 valence electrons. The molecule has 1 aromatic carbocycles. The highest BCUT2D eigenvalue weighted by Crippen LogP contribution is 2.18. The molecule has 0 bridgehead atoms. The standard InChI is InChI=1S/C12H10O5/c1-15-7-3-4-10-8(5-7)11(13)9(6-17-10)12(14)16-2/h3-6H,1-2H3. The van der Waals surface area contributed by atoms with E-state index in [0.717, 1.165) is 6.26 Å². The summed E-state index contributed by atoms with van der Waals surface area (Å²) in [5.41, 5.74) is -0.172. The monoisotopic (exact) mass is 234 g/mol. The summed E-state index contributed by atoms with van der Waals surface area (Å²) in [7, 11) is 2.70. The normalized spacial score (nSPS) is 10.2. The molecular weight excluding hydrogens is 224 g/mol. The van der Waals surface area contributed by atoms with Gasteiger partial charge >= 0.3 is 5.97 Å². The summed E-state index contributed by atoms with van der Waals surface area (Å²) in [6.07, 6.45) is 1.10. The zero-order chi connectivity index (χ0) is 12.4. The van der Waals surface area contributed by atoms with Gasteiger partial charge in [-0.15, -0.1) is 0 Å². The van der Waals surface area contributed by atoms with Gasteiger partial charge in [0, 0.05) is 0 Å². The Morgan fingerprint density at radius 3 is 2.71 bits per heavy atom. The Bertz CT molecular complexity index is 626. The molecule has 0 saturated heterocycles. The molecule has 17 heavy (non-hydrogen) atoms. The Labute approximate surface area is 96.6 Å². The fourth-order valence-corrected chi connectivity index (χ4v) is 1.49. The fraction of sp³-hybridized carbons (Fsp3) is 0.167. The van der Waals surface area contributed by atoms with Crippen LogP contribution in [0.4, 0.5) is 0 Å². The highest BCUT2D eigenvalue weighted by atomic mass is 16.5. The molecule has 0 spiro atoms. The second-order valence-corrected chi connectivity index (χ2v) is 3.33. The van der Waals surface area contributed by atoms with Gasteiger partial charge in [0.25, 0.3) is 0 Å². The summed E-state index contributed by atoms with van der Waals surface area (Å²) in [6.45, 7) is 0. The number of ether oxygens (including phenoxy) is 2.